The molecule has 0 bridgehead atoms. The lowest BCUT2D eigenvalue weighted by Crippen LogP contribution is -2.23. The Morgan fingerprint density at radius 3 is 2.33 bits per heavy atom. The Morgan fingerprint density at radius 2 is 1.72 bits per heavy atom. The molecule has 1 rings (SSSR count). The minimum Gasteiger partial charge on any atom is -0.489 e. The van der Waals surface area contributed by atoms with Crippen molar-refractivity contribution in [2.45, 2.75) is 6.42 Å². The second-order valence-electron chi connectivity index (χ2n) is 3.64. The van der Waals surface area contributed by atoms with Gasteiger partial charge in [0.05, 0.1) is 10.0 Å². The van der Waals surface area contributed by atoms with E-state index in [0.717, 1.165) is 26.1 Å². The molecule has 18 heavy (non-hydrogen) atoms. The van der Waals surface area contributed by atoms with Gasteiger partial charge in [-0.05, 0) is 25.1 Å². The summed E-state index contributed by atoms with van der Waals surface area (Å²) >= 11 is 17.8. The van der Waals surface area contributed by atoms with Crippen LogP contribution < -0.4 is 10.1 Å². The molecule has 0 saturated heterocycles. The van der Waals surface area contributed by atoms with Crippen LogP contribution in [0, 0.1) is 0 Å². The first-order chi connectivity index (χ1) is 8.65. The van der Waals surface area contributed by atoms with Crippen molar-refractivity contribution in [2.75, 3.05) is 33.4 Å². The molecule has 1 N–H and O–H groups in total. The number of halogens is 3. The molecule has 0 heterocycles. The van der Waals surface area contributed by atoms with E-state index in [0.29, 0.717) is 27.4 Å². The van der Waals surface area contributed by atoms with E-state index in [4.69, 9.17) is 44.3 Å². The topological polar surface area (TPSA) is 30.5 Å². The molecule has 0 aliphatic rings. The van der Waals surface area contributed by atoms with E-state index >= 15 is 0 Å². The molecule has 0 atom stereocenters. The quantitative estimate of drug-likeness (QED) is 0.743. The summed E-state index contributed by atoms with van der Waals surface area (Å²) in [7, 11) is 1.69. The average Bonchev–Trinajstić information content (AvgIpc) is 2.30. The first kappa shape index (κ1) is 15.9. The maximum Gasteiger partial charge on any atom is 0.156 e. The van der Waals surface area contributed by atoms with Crippen LogP contribution in [0.15, 0.2) is 12.1 Å². The summed E-state index contributed by atoms with van der Waals surface area (Å²) in [5, 5.41) is 4.57. The van der Waals surface area contributed by atoms with E-state index in [1.54, 1.807) is 19.2 Å². The summed E-state index contributed by atoms with van der Waals surface area (Å²) in [4.78, 5) is 0. The second kappa shape index (κ2) is 8.83. The van der Waals surface area contributed by atoms with Crippen LogP contribution in [0.25, 0.3) is 0 Å². The molecule has 0 fully saturated rings. The Morgan fingerprint density at radius 1 is 1.06 bits per heavy atom. The van der Waals surface area contributed by atoms with Crippen LogP contribution in [0.4, 0.5) is 0 Å². The van der Waals surface area contributed by atoms with Gasteiger partial charge in [0.1, 0.15) is 6.61 Å². The number of hydrogen-bond acceptors (Lipinski definition) is 3. The lowest BCUT2D eigenvalue weighted by molar-refractivity contribution is 0.193. The van der Waals surface area contributed by atoms with E-state index in [2.05, 4.69) is 5.32 Å². The fraction of sp³-hybridized carbons (Fsp3) is 0.500. The monoisotopic (exact) mass is 311 g/mol. The van der Waals surface area contributed by atoms with Crippen molar-refractivity contribution in [1.29, 1.82) is 0 Å². The Bertz CT molecular complexity index is 351. The van der Waals surface area contributed by atoms with E-state index in [1.807, 2.05) is 0 Å². The molecule has 0 saturated carbocycles. The molecule has 0 unspecified atom stereocenters. The predicted molar refractivity (Wildman–Crippen MR) is 76.3 cm³/mol. The van der Waals surface area contributed by atoms with Crippen molar-refractivity contribution in [3.05, 3.63) is 27.2 Å². The van der Waals surface area contributed by atoms with Gasteiger partial charge >= 0.3 is 0 Å². The van der Waals surface area contributed by atoms with Crippen molar-refractivity contribution in [3.8, 4) is 5.75 Å². The number of rotatable bonds is 8. The normalized spacial score (nSPS) is 10.7. The molecule has 0 amide bonds. The predicted octanol–water partition coefficient (Wildman–Crippen LogP) is 3.65. The van der Waals surface area contributed by atoms with Gasteiger partial charge in [-0.3, -0.25) is 0 Å². The van der Waals surface area contributed by atoms with Crippen molar-refractivity contribution >= 4 is 34.8 Å². The zero-order valence-corrected chi connectivity index (χ0v) is 12.4. The summed E-state index contributed by atoms with van der Waals surface area (Å²) in [6.07, 6.45) is 0.971. The zero-order chi connectivity index (χ0) is 13.4. The molecule has 3 nitrogen and oxygen atoms in total. The highest BCUT2D eigenvalue weighted by atomic mass is 35.5. The van der Waals surface area contributed by atoms with Crippen LogP contribution in [0.5, 0.6) is 5.75 Å². The van der Waals surface area contributed by atoms with Crippen LogP contribution in [0.1, 0.15) is 6.42 Å². The van der Waals surface area contributed by atoms with E-state index in [1.165, 1.54) is 0 Å². The van der Waals surface area contributed by atoms with Gasteiger partial charge in [-0.15, -0.1) is 0 Å². The third kappa shape index (κ3) is 5.63. The molecule has 0 aliphatic heterocycles. The number of ether oxygens (including phenoxy) is 2. The van der Waals surface area contributed by atoms with Gasteiger partial charge in [-0.1, -0.05) is 34.8 Å². The Balaban J connectivity index is 2.27. The van der Waals surface area contributed by atoms with Gasteiger partial charge in [-0.25, -0.2) is 0 Å². The highest BCUT2D eigenvalue weighted by Gasteiger charge is 2.08. The van der Waals surface area contributed by atoms with E-state index in [-0.39, 0.29) is 0 Å². The van der Waals surface area contributed by atoms with Gasteiger partial charge in [-0.2, -0.15) is 0 Å². The van der Waals surface area contributed by atoms with Crippen LogP contribution >= 0.6 is 34.8 Å². The first-order valence-electron chi connectivity index (χ1n) is 5.62. The Labute approximate surface area is 122 Å². The minimum absolute atomic E-state index is 0.423. The fourth-order valence-electron chi connectivity index (χ4n) is 1.36. The maximum atomic E-state index is 5.99. The smallest absolute Gasteiger partial charge is 0.156 e. The highest BCUT2D eigenvalue weighted by molar-refractivity contribution is 6.40. The average molecular weight is 313 g/mol. The number of nitrogens with one attached hydrogen (secondary N) is 1. The van der Waals surface area contributed by atoms with Gasteiger partial charge < -0.3 is 14.8 Å². The number of benzene rings is 1. The Hall–Kier alpha value is -0.190. The van der Waals surface area contributed by atoms with Crippen molar-refractivity contribution in [1.82, 2.24) is 5.32 Å². The van der Waals surface area contributed by atoms with Crippen LogP contribution in [0.3, 0.4) is 0 Å². The summed E-state index contributed by atoms with van der Waals surface area (Å²) in [5.41, 5.74) is 0. The second-order valence-corrected chi connectivity index (χ2v) is 4.89. The van der Waals surface area contributed by atoms with Crippen LogP contribution in [-0.2, 0) is 4.74 Å². The highest BCUT2D eigenvalue weighted by Crippen LogP contribution is 2.35. The van der Waals surface area contributed by atoms with E-state index in [9.17, 15) is 0 Å². The summed E-state index contributed by atoms with van der Waals surface area (Å²) in [6.45, 7) is 2.86. The standard InChI is InChI=1S/C12H16Cl3NO2/c1-17-5-2-3-16-4-6-18-12-10(14)7-9(13)8-11(12)15/h7-8,16H,2-6H2,1H3. The largest absolute Gasteiger partial charge is 0.489 e. The fourth-order valence-corrected chi connectivity index (χ4v) is 2.28. The third-order valence-corrected chi connectivity index (χ3v) is 2.97. The molecular weight excluding hydrogens is 296 g/mol. The maximum absolute atomic E-state index is 5.99. The molecule has 102 valence electrons. The van der Waals surface area contributed by atoms with Crippen LogP contribution in [0.2, 0.25) is 15.1 Å². The molecule has 1 aromatic carbocycles. The first-order valence-corrected chi connectivity index (χ1v) is 6.75. The van der Waals surface area contributed by atoms with Crippen molar-refractivity contribution < 1.29 is 9.47 Å². The SMILES string of the molecule is COCCCNCCOc1c(Cl)cc(Cl)cc1Cl. The molecule has 0 aliphatic carbocycles. The summed E-state index contributed by atoms with van der Waals surface area (Å²) in [5.74, 6) is 0.474. The van der Waals surface area contributed by atoms with Gasteiger partial charge in [0.15, 0.2) is 5.75 Å². The van der Waals surface area contributed by atoms with Crippen molar-refractivity contribution in [2.24, 2.45) is 0 Å². The third-order valence-electron chi connectivity index (χ3n) is 2.19. The summed E-state index contributed by atoms with van der Waals surface area (Å²) < 4.78 is 10.5. The number of hydrogen-bond donors (Lipinski definition) is 1. The molecular formula is C12H16Cl3NO2. The molecule has 6 heteroatoms. The molecule has 0 aromatic heterocycles. The van der Waals surface area contributed by atoms with E-state index < -0.39 is 0 Å². The van der Waals surface area contributed by atoms with Gasteiger partial charge in [0, 0.05) is 25.3 Å². The molecule has 0 radical (unpaired) electrons. The zero-order valence-electron chi connectivity index (χ0n) is 10.1. The summed E-state index contributed by atoms with van der Waals surface area (Å²) in [6, 6.07) is 3.21. The van der Waals surface area contributed by atoms with Crippen molar-refractivity contribution in [3.63, 3.8) is 0 Å². The molecule has 1 aromatic rings. The Kier molecular flexibility index (Phi) is 7.79. The lowest BCUT2D eigenvalue weighted by atomic mass is 10.3. The minimum atomic E-state index is 0.423. The van der Waals surface area contributed by atoms with Crippen LogP contribution in [-0.4, -0.2) is 33.4 Å². The number of methoxy groups -OCH3 is 1. The van der Waals surface area contributed by atoms with Gasteiger partial charge in [0.2, 0.25) is 0 Å². The lowest BCUT2D eigenvalue weighted by Gasteiger charge is -2.10. The molecule has 0 spiro atoms. The van der Waals surface area contributed by atoms with Gasteiger partial charge in [0.25, 0.3) is 0 Å².